The van der Waals surface area contributed by atoms with Gasteiger partial charge in [0.25, 0.3) is 0 Å². The van der Waals surface area contributed by atoms with Crippen LogP contribution in [0.25, 0.3) is 0 Å². The Balaban J connectivity index is 1.90. The van der Waals surface area contributed by atoms with E-state index in [1.807, 2.05) is 0 Å². The summed E-state index contributed by atoms with van der Waals surface area (Å²) in [4.78, 5) is 28.1. The molecule has 1 radical (unpaired) electrons. The van der Waals surface area contributed by atoms with E-state index in [9.17, 15) is 31.2 Å². The molecule has 0 aliphatic rings. The van der Waals surface area contributed by atoms with Crippen molar-refractivity contribution in [3.05, 3.63) is 81.6 Å². The van der Waals surface area contributed by atoms with Gasteiger partial charge in [0.1, 0.15) is 0 Å². The zero-order valence-corrected chi connectivity index (χ0v) is 22.3. The molecule has 0 fully saturated rings. The molecule has 0 spiro atoms. The number of anilines is 1. The number of benzene rings is 2. The topological polar surface area (TPSA) is 102 Å². The minimum atomic E-state index is -4.88. The third-order valence-corrected chi connectivity index (χ3v) is 8.99. The van der Waals surface area contributed by atoms with Crippen LogP contribution in [0.2, 0.25) is 15.3 Å². The summed E-state index contributed by atoms with van der Waals surface area (Å²) in [5.41, 5.74) is -1.61. The fraction of sp³-hybridized carbons (Fsp3) is 0.136. The molecule has 1 aromatic heterocycles. The quantitative estimate of drug-likeness (QED) is 0.224. The van der Waals surface area contributed by atoms with Gasteiger partial charge in [-0.1, -0.05) is 0 Å². The van der Waals surface area contributed by atoms with Gasteiger partial charge in [0.05, 0.1) is 0 Å². The Labute approximate surface area is 220 Å². The molecule has 0 amide bonds. The molecule has 1 N–H and O–H groups in total. The van der Waals surface area contributed by atoms with E-state index in [1.165, 1.54) is 7.11 Å². The Bertz CT molecular complexity index is 1440. The van der Waals surface area contributed by atoms with Gasteiger partial charge in [-0.25, -0.2) is 0 Å². The zero-order chi connectivity index (χ0) is 26.7. The van der Waals surface area contributed by atoms with Crippen molar-refractivity contribution in [3.63, 3.8) is 0 Å². The van der Waals surface area contributed by atoms with Crippen molar-refractivity contribution < 1.29 is 35.9 Å². The SMILES string of the molecule is COC(=O)c1ccccc1[As]CC(=O)c1ncc(Cl)cc1NS(=O)(=O)c1ccc(Cl)c(C(F)(F)F)c1. The van der Waals surface area contributed by atoms with E-state index in [4.69, 9.17) is 27.9 Å². The summed E-state index contributed by atoms with van der Waals surface area (Å²) in [6, 6.07) is 9.80. The molecule has 0 unspecified atom stereocenters. The van der Waals surface area contributed by atoms with Crippen LogP contribution in [0, 0.1) is 0 Å². The first-order valence-corrected chi connectivity index (χ1v) is 14.3. The average Bonchev–Trinajstić information content (AvgIpc) is 2.81. The number of carbonyl (C=O) groups is 2. The zero-order valence-electron chi connectivity index (χ0n) is 18.1. The average molecular weight is 622 g/mol. The predicted molar refractivity (Wildman–Crippen MR) is 129 cm³/mol. The van der Waals surface area contributed by atoms with E-state index in [-0.39, 0.29) is 21.6 Å². The van der Waals surface area contributed by atoms with Crippen LogP contribution in [-0.2, 0) is 20.9 Å². The molecule has 0 aliphatic carbocycles. The summed E-state index contributed by atoms with van der Waals surface area (Å²) in [5.74, 6) is -1.12. The van der Waals surface area contributed by atoms with Crippen molar-refractivity contribution in [1.82, 2.24) is 4.98 Å². The molecule has 0 saturated heterocycles. The van der Waals surface area contributed by atoms with Gasteiger partial charge in [-0.05, 0) is 0 Å². The summed E-state index contributed by atoms with van der Waals surface area (Å²) in [5, 5.41) is -0.759. The molecule has 36 heavy (non-hydrogen) atoms. The molecule has 0 saturated carbocycles. The number of halogens is 5. The fourth-order valence-electron chi connectivity index (χ4n) is 2.96. The van der Waals surface area contributed by atoms with E-state index in [2.05, 4.69) is 9.71 Å². The summed E-state index contributed by atoms with van der Waals surface area (Å²) >= 11 is 10.6. The van der Waals surface area contributed by atoms with E-state index in [1.54, 1.807) is 24.3 Å². The van der Waals surface area contributed by atoms with Gasteiger partial charge in [-0.15, -0.1) is 0 Å². The Morgan fingerprint density at radius 3 is 2.47 bits per heavy atom. The molecule has 189 valence electrons. The van der Waals surface area contributed by atoms with Crippen LogP contribution in [0.3, 0.4) is 0 Å². The molecule has 2 aromatic carbocycles. The molecule has 3 aromatic rings. The molecule has 0 bridgehead atoms. The second-order valence-electron chi connectivity index (χ2n) is 7.04. The number of Topliss-reactive ketones (excluding diaryl/α,β-unsaturated/α-hetero) is 1. The van der Waals surface area contributed by atoms with Gasteiger partial charge in [-0.2, -0.15) is 0 Å². The molecular weight excluding hydrogens is 607 g/mol. The van der Waals surface area contributed by atoms with Crippen LogP contribution in [0.5, 0.6) is 0 Å². The Kier molecular flexibility index (Phi) is 8.71. The Morgan fingerprint density at radius 1 is 1.11 bits per heavy atom. The number of esters is 1. The molecule has 7 nitrogen and oxygen atoms in total. The molecule has 3 rings (SSSR count). The Hall–Kier alpha value is -2.59. The monoisotopic (exact) mass is 621 g/mol. The van der Waals surface area contributed by atoms with Crippen molar-refractivity contribution in [3.8, 4) is 0 Å². The summed E-state index contributed by atoms with van der Waals surface area (Å²) in [7, 11) is -3.36. The number of rotatable bonds is 8. The van der Waals surface area contributed by atoms with Crippen molar-refractivity contribution in [2.75, 3.05) is 11.8 Å². The third kappa shape index (κ3) is 6.59. The normalized spacial score (nSPS) is 12.1. The number of hydrogen-bond acceptors (Lipinski definition) is 6. The number of pyridine rings is 1. The van der Waals surface area contributed by atoms with Crippen LogP contribution < -0.4 is 9.07 Å². The van der Waals surface area contributed by atoms with Crippen molar-refractivity contribution in [2.45, 2.75) is 16.3 Å². The van der Waals surface area contributed by atoms with Crippen molar-refractivity contribution in [1.29, 1.82) is 0 Å². The van der Waals surface area contributed by atoms with E-state index in [0.717, 1.165) is 24.4 Å². The number of nitrogens with zero attached hydrogens (tertiary/aromatic N) is 1. The van der Waals surface area contributed by atoms with Crippen molar-refractivity contribution >= 4 is 70.8 Å². The van der Waals surface area contributed by atoms with Gasteiger partial charge in [0.15, 0.2) is 0 Å². The van der Waals surface area contributed by atoms with E-state index in [0.29, 0.717) is 16.0 Å². The van der Waals surface area contributed by atoms with Crippen LogP contribution in [-0.4, -0.2) is 48.0 Å². The van der Waals surface area contributed by atoms with Gasteiger partial charge >= 0.3 is 221 Å². The van der Waals surface area contributed by atoms with Crippen LogP contribution in [0.4, 0.5) is 18.9 Å². The molecular formula is C22H15AsCl2F3N2O5S. The first-order chi connectivity index (χ1) is 16.8. The number of alkyl halides is 3. The summed E-state index contributed by atoms with van der Waals surface area (Å²) in [6.07, 6.45) is -3.75. The number of ketones is 1. The number of aromatic nitrogens is 1. The summed E-state index contributed by atoms with van der Waals surface area (Å²) in [6.45, 7) is 0. The second kappa shape index (κ2) is 11.2. The van der Waals surface area contributed by atoms with Gasteiger partial charge in [0, 0.05) is 0 Å². The molecule has 1 heterocycles. The number of sulfonamides is 1. The molecule has 0 atom stereocenters. The number of hydrogen-bond donors (Lipinski definition) is 1. The van der Waals surface area contributed by atoms with Crippen LogP contribution >= 0.6 is 23.2 Å². The Morgan fingerprint density at radius 2 is 1.81 bits per heavy atom. The van der Waals surface area contributed by atoms with Crippen molar-refractivity contribution in [2.24, 2.45) is 0 Å². The summed E-state index contributed by atoms with van der Waals surface area (Å²) < 4.78 is 72.8. The fourth-order valence-corrected chi connectivity index (χ4v) is 6.50. The first-order valence-electron chi connectivity index (χ1n) is 9.76. The van der Waals surface area contributed by atoms with Crippen LogP contribution in [0.15, 0.2) is 59.6 Å². The maximum absolute atomic E-state index is 13.2. The van der Waals surface area contributed by atoms with E-state index >= 15 is 0 Å². The van der Waals surface area contributed by atoms with Crippen LogP contribution in [0.1, 0.15) is 26.4 Å². The first kappa shape index (κ1) is 28.0. The maximum atomic E-state index is 13.2. The third-order valence-electron chi connectivity index (χ3n) is 4.62. The second-order valence-corrected chi connectivity index (χ2v) is 11.9. The minimum absolute atomic E-state index is 0.0133. The molecule has 14 heteroatoms. The number of nitrogens with one attached hydrogen (secondary N) is 1. The standard InChI is InChI=1S/C22H15AsCl2F3N2O5S/c1-35-21(32)14-4-2-3-5-16(14)23-10-19(31)20-18(8-12(24)11-29-20)30-36(33,34)13-6-7-17(25)15(9-13)22(26,27)28/h2-9,11,30H,10H2,1H3. The number of methoxy groups -OCH3 is 1. The number of carbonyl (C=O) groups excluding carboxylic acids is 2. The predicted octanol–water partition coefficient (Wildman–Crippen LogP) is 4.63. The van der Waals surface area contributed by atoms with Gasteiger partial charge in [-0.3, -0.25) is 0 Å². The molecule has 0 aliphatic heterocycles. The van der Waals surface area contributed by atoms with E-state index < -0.39 is 59.2 Å². The number of ether oxygens (including phenoxy) is 1. The van der Waals surface area contributed by atoms with Gasteiger partial charge in [0.2, 0.25) is 0 Å². The van der Waals surface area contributed by atoms with Gasteiger partial charge < -0.3 is 0 Å².